The summed E-state index contributed by atoms with van der Waals surface area (Å²) in [6, 6.07) is 1.38. The number of nitrogens with zero attached hydrogens (tertiary/aromatic N) is 2. The van der Waals surface area contributed by atoms with E-state index in [2.05, 4.69) is 5.32 Å². The monoisotopic (exact) mass is 387 g/mol. The molecule has 152 valence electrons. The van der Waals surface area contributed by atoms with Gasteiger partial charge in [0.05, 0.1) is 17.9 Å². The van der Waals surface area contributed by atoms with Gasteiger partial charge >= 0.3 is 5.97 Å². The Labute approximate surface area is 165 Å². The van der Waals surface area contributed by atoms with E-state index >= 15 is 0 Å². The van der Waals surface area contributed by atoms with E-state index in [9.17, 15) is 14.4 Å². The Bertz CT molecular complexity index is 663. The van der Waals surface area contributed by atoms with E-state index in [4.69, 9.17) is 10.00 Å². The molecule has 1 aliphatic heterocycles. The lowest BCUT2D eigenvalue weighted by molar-refractivity contribution is -0.166. The third-order valence-corrected chi connectivity index (χ3v) is 7.18. The molecular weight excluding hydrogens is 358 g/mol. The number of amides is 2. The predicted molar refractivity (Wildman–Crippen MR) is 99.5 cm³/mol. The molecule has 28 heavy (non-hydrogen) atoms. The van der Waals surface area contributed by atoms with Crippen LogP contribution in [0.2, 0.25) is 0 Å². The molecule has 1 atom stereocenters. The van der Waals surface area contributed by atoms with Crippen LogP contribution in [0.4, 0.5) is 0 Å². The van der Waals surface area contributed by atoms with Crippen molar-refractivity contribution in [3.8, 4) is 6.07 Å². The minimum absolute atomic E-state index is 0.157. The van der Waals surface area contributed by atoms with E-state index in [1.807, 2.05) is 6.07 Å². The van der Waals surface area contributed by atoms with Gasteiger partial charge in [0, 0.05) is 13.1 Å². The van der Waals surface area contributed by atoms with Gasteiger partial charge in [-0.3, -0.25) is 9.59 Å². The van der Waals surface area contributed by atoms with Crippen molar-refractivity contribution in [2.45, 2.75) is 63.8 Å². The van der Waals surface area contributed by atoms with Gasteiger partial charge in [-0.1, -0.05) is 0 Å². The van der Waals surface area contributed by atoms with Crippen molar-refractivity contribution < 1.29 is 19.1 Å². The van der Waals surface area contributed by atoms with Crippen molar-refractivity contribution in [1.29, 1.82) is 5.26 Å². The van der Waals surface area contributed by atoms with E-state index in [0.29, 0.717) is 30.7 Å². The van der Waals surface area contributed by atoms with Crippen LogP contribution in [0.3, 0.4) is 0 Å². The lowest BCUT2D eigenvalue weighted by atomic mass is 9.49. The lowest BCUT2D eigenvalue weighted by Crippen LogP contribution is -2.56. The summed E-state index contributed by atoms with van der Waals surface area (Å²) < 4.78 is 5.19. The van der Waals surface area contributed by atoms with E-state index < -0.39 is 17.9 Å². The van der Waals surface area contributed by atoms with Crippen LogP contribution >= 0.6 is 0 Å². The summed E-state index contributed by atoms with van der Waals surface area (Å²) in [7, 11) is 0. The van der Waals surface area contributed by atoms with Gasteiger partial charge in [-0.2, -0.15) is 5.26 Å². The Morgan fingerprint density at radius 2 is 1.75 bits per heavy atom. The van der Waals surface area contributed by atoms with Crippen LogP contribution in [0.5, 0.6) is 0 Å². The van der Waals surface area contributed by atoms with Crippen LogP contribution in [0.25, 0.3) is 0 Å². The molecule has 7 heteroatoms. The zero-order valence-corrected chi connectivity index (χ0v) is 16.3. The Kier molecular flexibility index (Phi) is 5.31. The van der Waals surface area contributed by atoms with Gasteiger partial charge in [0.1, 0.15) is 6.04 Å². The number of rotatable bonds is 6. The normalized spacial score (nSPS) is 35.5. The topological polar surface area (TPSA) is 99.5 Å². The Morgan fingerprint density at radius 3 is 2.36 bits per heavy atom. The third kappa shape index (κ3) is 3.61. The number of hydrogen-bond acceptors (Lipinski definition) is 5. The van der Waals surface area contributed by atoms with Gasteiger partial charge < -0.3 is 15.0 Å². The van der Waals surface area contributed by atoms with Crippen molar-refractivity contribution in [3.63, 3.8) is 0 Å². The van der Waals surface area contributed by atoms with Gasteiger partial charge in [-0.05, 0) is 69.1 Å². The minimum atomic E-state index is -0.563. The highest BCUT2D eigenvalue weighted by Crippen LogP contribution is 2.60. The summed E-state index contributed by atoms with van der Waals surface area (Å²) in [6.45, 7) is 0.488. The minimum Gasteiger partial charge on any atom is -0.454 e. The predicted octanol–water partition coefficient (Wildman–Crippen LogP) is 1.77. The zero-order valence-electron chi connectivity index (χ0n) is 16.3. The fourth-order valence-electron chi connectivity index (χ4n) is 6.47. The number of hydrogen-bond donors (Lipinski definition) is 1. The average Bonchev–Trinajstić information content (AvgIpc) is 3.14. The number of ether oxygens (including phenoxy) is 1. The van der Waals surface area contributed by atoms with Gasteiger partial charge in [0.15, 0.2) is 6.61 Å². The molecule has 4 bridgehead atoms. The van der Waals surface area contributed by atoms with E-state index in [0.717, 1.165) is 25.7 Å². The maximum Gasteiger partial charge on any atom is 0.329 e. The quantitative estimate of drug-likeness (QED) is 0.553. The second-order valence-electron chi connectivity index (χ2n) is 9.22. The SMILES string of the molecule is N#CCCNC(=O)COC(=O)[C@H]1CCCN1C(=O)C12CC3CC(CC(C3)C1)C2. The highest BCUT2D eigenvalue weighted by molar-refractivity contribution is 5.90. The first-order valence-electron chi connectivity index (χ1n) is 10.6. The third-order valence-electron chi connectivity index (χ3n) is 7.18. The molecule has 5 aliphatic rings. The summed E-state index contributed by atoms with van der Waals surface area (Å²) in [5, 5.41) is 11.0. The molecule has 4 saturated carbocycles. The lowest BCUT2D eigenvalue weighted by Gasteiger charge is -2.56. The Hall–Kier alpha value is -2.10. The molecule has 0 aromatic rings. The van der Waals surface area contributed by atoms with Crippen LogP contribution in [0.1, 0.15) is 57.8 Å². The van der Waals surface area contributed by atoms with Crippen molar-refractivity contribution in [2.75, 3.05) is 19.7 Å². The van der Waals surface area contributed by atoms with Crippen LogP contribution in [0, 0.1) is 34.5 Å². The molecular formula is C21H29N3O4. The van der Waals surface area contributed by atoms with Crippen LogP contribution in [0.15, 0.2) is 0 Å². The first-order chi connectivity index (χ1) is 13.5. The van der Waals surface area contributed by atoms with Crippen molar-refractivity contribution in [1.82, 2.24) is 10.2 Å². The Morgan fingerprint density at radius 1 is 1.11 bits per heavy atom. The van der Waals surface area contributed by atoms with Gasteiger partial charge in [0.2, 0.25) is 5.91 Å². The molecule has 0 aromatic carbocycles. The van der Waals surface area contributed by atoms with Crippen molar-refractivity contribution >= 4 is 17.8 Å². The second kappa shape index (κ2) is 7.73. The zero-order chi connectivity index (χ0) is 19.7. The summed E-state index contributed by atoms with van der Waals surface area (Å²) in [5.74, 6) is 1.30. The summed E-state index contributed by atoms with van der Waals surface area (Å²) in [4.78, 5) is 39.6. The smallest absolute Gasteiger partial charge is 0.329 e. The average molecular weight is 387 g/mol. The molecule has 0 unspecified atom stereocenters. The second-order valence-corrected chi connectivity index (χ2v) is 9.22. The molecule has 1 heterocycles. The van der Waals surface area contributed by atoms with Crippen LogP contribution in [-0.4, -0.2) is 48.4 Å². The number of carbonyl (C=O) groups is 3. The van der Waals surface area contributed by atoms with Crippen molar-refractivity contribution in [2.24, 2.45) is 23.2 Å². The van der Waals surface area contributed by atoms with Gasteiger partial charge in [0.25, 0.3) is 5.91 Å². The highest BCUT2D eigenvalue weighted by atomic mass is 16.5. The summed E-state index contributed by atoms with van der Waals surface area (Å²) >= 11 is 0. The maximum absolute atomic E-state index is 13.5. The van der Waals surface area contributed by atoms with Crippen LogP contribution < -0.4 is 5.32 Å². The first-order valence-corrected chi connectivity index (χ1v) is 10.6. The number of esters is 1. The molecule has 5 rings (SSSR count). The molecule has 2 amide bonds. The summed E-state index contributed by atoms with van der Waals surface area (Å²) in [5.41, 5.74) is -0.258. The number of nitrogens with one attached hydrogen (secondary N) is 1. The number of carbonyl (C=O) groups excluding carboxylic acids is 3. The Balaban J connectivity index is 1.36. The number of likely N-dealkylation sites (tertiary alicyclic amines) is 1. The largest absolute Gasteiger partial charge is 0.454 e. The molecule has 0 radical (unpaired) electrons. The molecule has 5 fully saturated rings. The standard InChI is InChI=1S/C21H29N3O4/c22-4-2-5-23-18(25)13-28-19(26)17-3-1-6-24(17)20(27)21-10-14-7-15(11-21)9-16(8-14)12-21/h14-17H,1-3,5-13H2,(H,23,25)/t14?,15?,16?,17-,21?/m1/s1. The van der Waals surface area contributed by atoms with Gasteiger partial charge in [-0.25, -0.2) is 4.79 Å². The molecule has 1 N–H and O–H groups in total. The highest BCUT2D eigenvalue weighted by Gasteiger charge is 2.56. The fourth-order valence-corrected chi connectivity index (χ4v) is 6.47. The van der Waals surface area contributed by atoms with E-state index in [-0.39, 0.29) is 30.9 Å². The molecule has 0 spiro atoms. The van der Waals surface area contributed by atoms with Gasteiger partial charge in [-0.15, -0.1) is 0 Å². The molecule has 4 aliphatic carbocycles. The van der Waals surface area contributed by atoms with E-state index in [1.165, 1.54) is 19.3 Å². The molecule has 1 saturated heterocycles. The number of nitriles is 1. The molecule has 7 nitrogen and oxygen atoms in total. The fraction of sp³-hybridized carbons (Fsp3) is 0.810. The maximum atomic E-state index is 13.5. The first kappa shape index (κ1) is 19.2. The van der Waals surface area contributed by atoms with Crippen LogP contribution in [-0.2, 0) is 19.1 Å². The van der Waals surface area contributed by atoms with E-state index in [1.54, 1.807) is 4.90 Å². The molecule has 0 aromatic heterocycles. The summed E-state index contributed by atoms with van der Waals surface area (Å²) in [6.07, 6.45) is 8.40. The van der Waals surface area contributed by atoms with Crippen molar-refractivity contribution in [3.05, 3.63) is 0 Å².